The lowest BCUT2D eigenvalue weighted by atomic mass is 10.0. The fourth-order valence-corrected chi connectivity index (χ4v) is 5.38. The van der Waals surface area contributed by atoms with Gasteiger partial charge in [0.15, 0.2) is 5.82 Å². The van der Waals surface area contributed by atoms with Crippen LogP contribution in [0.25, 0.3) is 55.8 Å². The molecule has 0 saturated carbocycles. The van der Waals surface area contributed by atoms with Crippen LogP contribution in [0.1, 0.15) is 24.8 Å². The molecule has 0 atom stereocenters. The number of nitrogens with zero attached hydrogens (tertiary/aromatic N) is 5. The number of likely N-dealkylation sites (tertiary alicyclic amines) is 1. The van der Waals surface area contributed by atoms with E-state index in [0.717, 1.165) is 47.2 Å². The summed E-state index contributed by atoms with van der Waals surface area (Å²) in [7, 11) is 0. The number of pyridine rings is 2. The smallest absolute Gasteiger partial charge is 0.159 e. The standard InChI is InChI=1S/C30H26FN7/c31-24-7-3-2-6-22(24)27-29-26(10-11-33-27)34-30(35-29)28-23-15-20(8-9-25(23)36-37-28)21-14-19(16-32-17-21)18-38-12-4-1-5-13-38/h2-3,6-11,14-17H,1,4-5,12-13,18H2,(H,34,35)(H,36,37). The molecule has 2 N–H and O–H groups in total. The SMILES string of the molecule is Fc1ccccc1-c1nccc2[nH]c(-c3n[nH]c4ccc(-c5cncc(CN6CCCCC6)c5)cc34)nc12. The van der Waals surface area contributed by atoms with Gasteiger partial charge in [-0.3, -0.25) is 20.0 Å². The predicted octanol–water partition coefficient (Wildman–Crippen LogP) is 6.36. The number of H-pyrrole nitrogens is 2. The summed E-state index contributed by atoms with van der Waals surface area (Å²) in [6, 6.07) is 16.9. The largest absolute Gasteiger partial charge is 0.336 e. The number of hydrogen-bond acceptors (Lipinski definition) is 5. The van der Waals surface area contributed by atoms with Gasteiger partial charge in [-0.15, -0.1) is 0 Å². The minimum absolute atomic E-state index is 0.331. The molecule has 6 aromatic rings. The lowest BCUT2D eigenvalue weighted by molar-refractivity contribution is 0.220. The van der Waals surface area contributed by atoms with Gasteiger partial charge in [0, 0.05) is 41.6 Å². The van der Waals surface area contributed by atoms with E-state index >= 15 is 0 Å². The normalized spacial score (nSPS) is 14.4. The Kier molecular flexibility index (Phi) is 5.66. The second kappa shape index (κ2) is 9.46. The molecule has 4 aromatic heterocycles. The van der Waals surface area contributed by atoms with Crippen molar-refractivity contribution < 1.29 is 4.39 Å². The molecule has 7 rings (SSSR count). The molecule has 0 amide bonds. The van der Waals surface area contributed by atoms with Crippen molar-refractivity contribution in [3.63, 3.8) is 0 Å². The second-order valence-electron chi connectivity index (χ2n) is 9.87. The van der Waals surface area contributed by atoms with Crippen LogP contribution in [-0.2, 0) is 6.54 Å². The number of piperidine rings is 1. The maximum Gasteiger partial charge on any atom is 0.159 e. The van der Waals surface area contributed by atoms with Gasteiger partial charge in [-0.25, -0.2) is 9.37 Å². The highest BCUT2D eigenvalue weighted by Gasteiger charge is 2.18. The first-order valence-corrected chi connectivity index (χ1v) is 13.0. The van der Waals surface area contributed by atoms with E-state index in [4.69, 9.17) is 4.98 Å². The molecule has 0 bridgehead atoms. The van der Waals surface area contributed by atoms with Crippen molar-refractivity contribution >= 4 is 21.9 Å². The number of nitrogens with one attached hydrogen (secondary N) is 2. The van der Waals surface area contributed by atoms with Crippen LogP contribution in [0, 0.1) is 5.82 Å². The number of imidazole rings is 1. The monoisotopic (exact) mass is 503 g/mol. The molecule has 1 saturated heterocycles. The van der Waals surface area contributed by atoms with Crippen molar-refractivity contribution in [1.82, 2.24) is 35.0 Å². The molecule has 1 aliphatic rings. The zero-order valence-electron chi connectivity index (χ0n) is 20.8. The molecule has 2 aromatic carbocycles. The van der Waals surface area contributed by atoms with Crippen LogP contribution in [0.15, 0.2) is 73.2 Å². The third-order valence-corrected chi connectivity index (χ3v) is 7.30. The molecular formula is C30H26FN7. The Balaban J connectivity index is 1.26. The molecule has 0 unspecified atom stereocenters. The Morgan fingerprint density at radius 2 is 1.76 bits per heavy atom. The number of aromatic amines is 2. The Bertz CT molecular complexity index is 1760. The van der Waals surface area contributed by atoms with Crippen molar-refractivity contribution in [2.24, 2.45) is 0 Å². The highest BCUT2D eigenvalue weighted by molar-refractivity contribution is 5.97. The summed E-state index contributed by atoms with van der Waals surface area (Å²) in [6.07, 6.45) is 9.41. The zero-order valence-corrected chi connectivity index (χ0v) is 20.8. The molecule has 1 aliphatic heterocycles. The van der Waals surface area contributed by atoms with E-state index in [0.29, 0.717) is 28.3 Å². The summed E-state index contributed by atoms with van der Waals surface area (Å²) >= 11 is 0. The highest BCUT2D eigenvalue weighted by Crippen LogP contribution is 2.33. The van der Waals surface area contributed by atoms with Gasteiger partial charge >= 0.3 is 0 Å². The molecule has 0 radical (unpaired) electrons. The summed E-state index contributed by atoms with van der Waals surface area (Å²) < 4.78 is 14.6. The fraction of sp³-hybridized carbons (Fsp3) is 0.200. The number of halogens is 1. The number of aromatic nitrogens is 6. The average molecular weight is 504 g/mol. The summed E-state index contributed by atoms with van der Waals surface area (Å²) in [4.78, 5) is 19.7. The van der Waals surface area contributed by atoms with E-state index in [-0.39, 0.29) is 5.82 Å². The van der Waals surface area contributed by atoms with Crippen molar-refractivity contribution in [3.05, 3.63) is 84.6 Å². The van der Waals surface area contributed by atoms with E-state index in [1.165, 1.54) is 30.9 Å². The molecule has 5 heterocycles. The lowest BCUT2D eigenvalue weighted by Crippen LogP contribution is -2.29. The number of rotatable bonds is 5. The molecular weight excluding hydrogens is 477 g/mol. The van der Waals surface area contributed by atoms with Crippen LogP contribution in [0.4, 0.5) is 4.39 Å². The molecule has 38 heavy (non-hydrogen) atoms. The number of fused-ring (bicyclic) bond motifs is 2. The third-order valence-electron chi connectivity index (χ3n) is 7.30. The molecule has 0 aliphatic carbocycles. The van der Waals surface area contributed by atoms with Crippen molar-refractivity contribution in [2.75, 3.05) is 13.1 Å². The van der Waals surface area contributed by atoms with E-state index in [2.05, 4.69) is 48.2 Å². The average Bonchev–Trinajstić information content (AvgIpc) is 3.58. The minimum Gasteiger partial charge on any atom is -0.336 e. The Morgan fingerprint density at radius 1 is 0.868 bits per heavy atom. The lowest BCUT2D eigenvalue weighted by Gasteiger charge is -2.26. The van der Waals surface area contributed by atoms with Gasteiger partial charge in [-0.05, 0) is 73.5 Å². The third kappa shape index (κ3) is 4.13. The highest BCUT2D eigenvalue weighted by atomic mass is 19.1. The quantitative estimate of drug-likeness (QED) is 0.286. The summed E-state index contributed by atoms with van der Waals surface area (Å²) in [5.41, 5.74) is 7.28. The maximum atomic E-state index is 14.6. The summed E-state index contributed by atoms with van der Waals surface area (Å²) in [5, 5.41) is 8.65. The van der Waals surface area contributed by atoms with Gasteiger partial charge in [-0.1, -0.05) is 24.6 Å². The molecule has 1 fully saturated rings. The first kappa shape index (κ1) is 22.7. The fourth-order valence-electron chi connectivity index (χ4n) is 5.38. The van der Waals surface area contributed by atoms with Gasteiger partial charge in [0.2, 0.25) is 0 Å². The maximum absolute atomic E-state index is 14.6. The van der Waals surface area contributed by atoms with E-state index in [1.807, 2.05) is 24.5 Å². The Labute approximate surface area is 218 Å². The number of benzene rings is 2. The van der Waals surface area contributed by atoms with E-state index in [1.54, 1.807) is 24.4 Å². The second-order valence-corrected chi connectivity index (χ2v) is 9.87. The van der Waals surface area contributed by atoms with Crippen molar-refractivity contribution in [3.8, 4) is 33.9 Å². The molecule has 8 heteroatoms. The summed E-state index contributed by atoms with van der Waals surface area (Å²) in [6.45, 7) is 3.23. The Hall–Kier alpha value is -4.43. The van der Waals surface area contributed by atoms with Crippen LogP contribution in [-0.4, -0.2) is 48.1 Å². The van der Waals surface area contributed by atoms with Gasteiger partial charge in [-0.2, -0.15) is 5.10 Å². The minimum atomic E-state index is -0.331. The van der Waals surface area contributed by atoms with Crippen LogP contribution in [0.2, 0.25) is 0 Å². The van der Waals surface area contributed by atoms with Crippen LogP contribution in [0.3, 0.4) is 0 Å². The van der Waals surface area contributed by atoms with Crippen molar-refractivity contribution in [1.29, 1.82) is 0 Å². The van der Waals surface area contributed by atoms with Crippen molar-refractivity contribution in [2.45, 2.75) is 25.8 Å². The van der Waals surface area contributed by atoms with Crippen LogP contribution < -0.4 is 0 Å². The van der Waals surface area contributed by atoms with E-state index < -0.39 is 0 Å². The summed E-state index contributed by atoms with van der Waals surface area (Å²) in [5.74, 6) is 0.272. The predicted molar refractivity (Wildman–Crippen MR) is 147 cm³/mol. The van der Waals surface area contributed by atoms with Crippen LogP contribution >= 0.6 is 0 Å². The van der Waals surface area contributed by atoms with Gasteiger partial charge in [0.25, 0.3) is 0 Å². The van der Waals surface area contributed by atoms with Gasteiger partial charge in [0.05, 0.1) is 11.0 Å². The van der Waals surface area contributed by atoms with Gasteiger partial charge in [0.1, 0.15) is 22.7 Å². The topological polar surface area (TPSA) is 86.4 Å². The first-order valence-electron chi connectivity index (χ1n) is 13.0. The number of hydrogen-bond donors (Lipinski definition) is 2. The van der Waals surface area contributed by atoms with Crippen LogP contribution in [0.5, 0.6) is 0 Å². The Morgan fingerprint density at radius 3 is 2.66 bits per heavy atom. The van der Waals surface area contributed by atoms with Gasteiger partial charge < -0.3 is 4.98 Å². The first-order chi connectivity index (χ1) is 18.7. The zero-order chi connectivity index (χ0) is 25.5. The molecule has 0 spiro atoms. The van der Waals surface area contributed by atoms with E-state index in [9.17, 15) is 4.39 Å². The molecule has 7 nitrogen and oxygen atoms in total. The molecule has 188 valence electrons.